The molecule has 2 aromatic rings. The Morgan fingerprint density at radius 2 is 1.89 bits per heavy atom. The first kappa shape index (κ1) is 25.3. The van der Waals surface area contributed by atoms with Gasteiger partial charge >= 0.3 is 0 Å². The Morgan fingerprint density at radius 3 is 2.47 bits per heavy atom. The fourth-order valence-corrected chi connectivity index (χ4v) is 5.02. The molecular weight excluding hydrogens is 474 g/mol. The zero-order valence-corrected chi connectivity index (χ0v) is 20.5. The molecule has 2 heterocycles. The first-order chi connectivity index (χ1) is 16.9. The van der Waals surface area contributed by atoms with Crippen LogP contribution in [0.2, 0.25) is 0 Å². The van der Waals surface area contributed by atoms with Crippen molar-refractivity contribution in [3.05, 3.63) is 63.1 Å². The van der Waals surface area contributed by atoms with Gasteiger partial charge in [0.1, 0.15) is 17.2 Å². The van der Waals surface area contributed by atoms with E-state index in [2.05, 4.69) is 5.32 Å². The average Bonchev–Trinajstić information content (AvgIpc) is 2.78. The molecule has 0 unspecified atom stereocenters. The average molecular weight is 503 g/mol. The minimum Gasteiger partial charge on any atom is -0.503 e. The van der Waals surface area contributed by atoms with Gasteiger partial charge in [0.15, 0.2) is 11.4 Å². The van der Waals surface area contributed by atoms with E-state index in [0.29, 0.717) is 18.9 Å². The number of nitrogens with zero attached hydrogens (tertiary/aromatic N) is 3. The number of hydrogen-bond acceptors (Lipinski definition) is 5. The topological polar surface area (TPSA) is 112 Å². The van der Waals surface area contributed by atoms with E-state index in [1.165, 1.54) is 21.7 Å². The Kier molecular flexibility index (Phi) is 6.36. The Morgan fingerprint density at radius 1 is 1.22 bits per heavy atom. The molecule has 2 aliphatic rings. The Hall–Kier alpha value is -3.76. The second-order valence-electron chi connectivity index (χ2n) is 9.95. The van der Waals surface area contributed by atoms with Crippen molar-refractivity contribution in [1.82, 2.24) is 19.7 Å². The van der Waals surface area contributed by atoms with E-state index in [-0.39, 0.29) is 42.2 Å². The number of amides is 3. The summed E-state index contributed by atoms with van der Waals surface area (Å²) in [6.07, 6.45) is 1.95. The second kappa shape index (κ2) is 9.03. The van der Waals surface area contributed by atoms with Crippen molar-refractivity contribution >= 4 is 17.7 Å². The van der Waals surface area contributed by atoms with Gasteiger partial charge in [-0.3, -0.25) is 19.2 Å². The van der Waals surface area contributed by atoms with Crippen molar-refractivity contribution in [3.63, 3.8) is 0 Å². The van der Waals surface area contributed by atoms with Gasteiger partial charge in [-0.15, -0.1) is 0 Å². The molecule has 1 aromatic heterocycles. The van der Waals surface area contributed by atoms with Crippen LogP contribution in [0, 0.1) is 17.6 Å². The maximum atomic E-state index is 14.0. The third-order valence-corrected chi connectivity index (χ3v) is 6.99. The molecule has 1 fully saturated rings. The highest BCUT2D eigenvalue weighted by atomic mass is 19.1. The van der Waals surface area contributed by atoms with E-state index in [1.807, 2.05) is 13.8 Å². The highest BCUT2D eigenvalue weighted by molar-refractivity contribution is 5.99. The maximum Gasteiger partial charge on any atom is 0.274 e. The minimum atomic E-state index is -1.03. The lowest BCUT2D eigenvalue weighted by Crippen LogP contribution is -2.63. The number of aromatic hydroxyl groups is 1. The zero-order valence-electron chi connectivity index (χ0n) is 20.5. The fourth-order valence-electron chi connectivity index (χ4n) is 5.02. The molecule has 2 N–H and O–H groups in total. The molecule has 11 heteroatoms. The molecule has 1 saturated carbocycles. The number of pyridine rings is 1. The van der Waals surface area contributed by atoms with Gasteiger partial charge in [0.05, 0.1) is 5.54 Å². The number of halogens is 2. The predicted octanol–water partition coefficient (Wildman–Crippen LogP) is 1.82. The van der Waals surface area contributed by atoms with Gasteiger partial charge < -0.3 is 24.8 Å². The smallest absolute Gasteiger partial charge is 0.274 e. The maximum absolute atomic E-state index is 14.0. The summed E-state index contributed by atoms with van der Waals surface area (Å²) >= 11 is 0. The molecule has 0 bridgehead atoms. The van der Waals surface area contributed by atoms with E-state index in [1.54, 1.807) is 19.0 Å². The monoisotopic (exact) mass is 502 g/mol. The van der Waals surface area contributed by atoms with Gasteiger partial charge in [0.25, 0.3) is 11.8 Å². The molecule has 1 aliphatic heterocycles. The molecule has 0 atom stereocenters. The van der Waals surface area contributed by atoms with Gasteiger partial charge in [0.2, 0.25) is 11.3 Å². The van der Waals surface area contributed by atoms with Crippen LogP contribution in [-0.4, -0.2) is 63.9 Å². The van der Waals surface area contributed by atoms with Crippen LogP contribution in [0.5, 0.6) is 5.75 Å². The van der Waals surface area contributed by atoms with Crippen LogP contribution < -0.4 is 10.7 Å². The van der Waals surface area contributed by atoms with E-state index >= 15 is 0 Å². The molecular formula is C25H28F2N4O5. The number of rotatable bonds is 5. The van der Waals surface area contributed by atoms with Gasteiger partial charge in [0, 0.05) is 57.0 Å². The number of hydrogen-bond donors (Lipinski definition) is 2. The standard InChI is InChI=1S/C25H28F2N4O5/c1-13(2)30-12-25(8-15(9-25)23(35)29(3)4)31-11-17(20(32)21(33)19(31)24(30)36)22(34)28-10-14-5-6-16(26)7-18(14)27/h5-7,11,13,15,33H,8-10,12H2,1-4H3,(H,28,34). The summed E-state index contributed by atoms with van der Waals surface area (Å²) < 4.78 is 28.6. The molecule has 36 heavy (non-hydrogen) atoms. The third-order valence-electron chi connectivity index (χ3n) is 6.99. The molecule has 1 spiro atoms. The first-order valence-electron chi connectivity index (χ1n) is 11.6. The number of aromatic nitrogens is 1. The van der Waals surface area contributed by atoms with Crippen molar-refractivity contribution < 1.29 is 28.3 Å². The highest BCUT2D eigenvalue weighted by Gasteiger charge is 2.55. The van der Waals surface area contributed by atoms with Gasteiger partial charge in [-0.1, -0.05) is 6.07 Å². The van der Waals surface area contributed by atoms with Gasteiger partial charge in [-0.05, 0) is 32.8 Å². The number of benzene rings is 1. The normalized spacial score (nSPS) is 20.8. The number of fused-ring (bicyclic) bond motifs is 2. The third kappa shape index (κ3) is 4.12. The van der Waals surface area contributed by atoms with Crippen LogP contribution in [0.4, 0.5) is 8.78 Å². The largest absolute Gasteiger partial charge is 0.503 e. The van der Waals surface area contributed by atoms with Crippen LogP contribution in [0.3, 0.4) is 0 Å². The molecule has 9 nitrogen and oxygen atoms in total. The lowest BCUT2D eigenvalue weighted by Gasteiger charge is -2.55. The Bertz CT molecular complexity index is 1310. The molecule has 192 valence electrons. The van der Waals surface area contributed by atoms with Crippen molar-refractivity contribution in [2.75, 3.05) is 20.6 Å². The summed E-state index contributed by atoms with van der Waals surface area (Å²) in [5.74, 6) is -4.29. The van der Waals surface area contributed by atoms with Crippen LogP contribution in [0.1, 0.15) is 53.1 Å². The van der Waals surface area contributed by atoms with E-state index in [9.17, 15) is 33.1 Å². The Labute approximate surface area is 206 Å². The van der Waals surface area contributed by atoms with Crippen molar-refractivity contribution in [2.24, 2.45) is 5.92 Å². The summed E-state index contributed by atoms with van der Waals surface area (Å²) in [7, 11) is 3.31. The second-order valence-corrected chi connectivity index (χ2v) is 9.95. The molecule has 4 rings (SSSR count). The van der Waals surface area contributed by atoms with E-state index in [0.717, 1.165) is 6.07 Å². The van der Waals surface area contributed by atoms with Crippen molar-refractivity contribution in [3.8, 4) is 5.75 Å². The number of nitrogens with one attached hydrogen (secondary N) is 1. The number of carbonyl (C=O) groups is 3. The molecule has 1 aromatic carbocycles. The molecule has 1 aliphatic carbocycles. The summed E-state index contributed by atoms with van der Waals surface area (Å²) in [5.41, 5.74) is -2.46. The van der Waals surface area contributed by atoms with Crippen LogP contribution in [-0.2, 0) is 16.9 Å². The van der Waals surface area contributed by atoms with Gasteiger partial charge in [-0.25, -0.2) is 8.78 Å². The minimum absolute atomic E-state index is 0.00953. The van der Waals surface area contributed by atoms with Crippen LogP contribution >= 0.6 is 0 Å². The van der Waals surface area contributed by atoms with E-state index < -0.39 is 45.7 Å². The van der Waals surface area contributed by atoms with E-state index in [4.69, 9.17) is 0 Å². The van der Waals surface area contributed by atoms with Gasteiger partial charge in [-0.2, -0.15) is 0 Å². The summed E-state index contributed by atoms with van der Waals surface area (Å²) in [4.78, 5) is 54.6. The lowest BCUT2D eigenvalue weighted by atomic mass is 9.65. The quantitative estimate of drug-likeness (QED) is 0.648. The van der Waals surface area contributed by atoms with Crippen molar-refractivity contribution in [2.45, 2.75) is 44.8 Å². The summed E-state index contributed by atoms with van der Waals surface area (Å²) in [6, 6.07) is 2.67. The van der Waals surface area contributed by atoms with Crippen molar-refractivity contribution in [1.29, 1.82) is 0 Å². The molecule has 3 amide bonds. The summed E-state index contributed by atoms with van der Waals surface area (Å²) in [6.45, 7) is 3.55. The first-order valence-corrected chi connectivity index (χ1v) is 11.6. The zero-order chi connectivity index (χ0) is 26.5. The molecule has 0 saturated heterocycles. The fraction of sp³-hybridized carbons (Fsp3) is 0.440. The Balaban J connectivity index is 1.72. The summed E-state index contributed by atoms with van der Waals surface area (Å²) in [5, 5.41) is 13.2. The predicted molar refractivity (Wildman–Crippen MR) is 125 cm³/mol. The molecule has 0 radical (unpaired) electrons. The number of carbonyl (C=O) groups excluding carboxylic acids is 3. The SMILES string of the molecule is CC(C)N1CC2(CC(C(=O)N(C)C)C2)n2cc(C(=O)NCc3ccc(F)cc3F)c(=O)c(O)c2C1=O. The van der Waals surface area contributed by atoms with Crippen LogP contribution in [0.25, 0.3) is 0 Å². The highest BCUT2D eigenvalue weighted by Crippen LogP contribution is 2.49. The van der Waals surface area contributed by atoms with Crippen LogP contribution in [0.15, 0.2) is 29.2 Å². The lowest BCUT2D eigenvalue weighted by molar-refractivity contribution is -0.141.